The average Bonchev–Trinajstić information content (AvgIpc) is 3.95. The molecule has 13 atom stereocenters. The molecule has 1 saturated heterocycles. The number of nitrogens with zero attached hydrogens (tertiary/aromatic N) is 2. The van der Waals surface area contributed by atoms with E-state index in [1.165, 1.54) is 23.6 Å². The second-order valence-corrected chi connectivity index (χ2v) is 21.4. The summed E-state index contributed by atoms with van der Waals surface area (Å²) < 4.78 is 0. The number of aliphatic hydroxyl groups excluding tert-OH is 2. The Kier molecular flexibility index (Phi) is 31.4. The van der Waals surface area contributed by atoms with Crippen LogP contribution in [0.25, 0.3) is 0 Å². The number of primary amides is 2. The number of likely N-dealkylation sites (tertiary alicyclic amines) is 1. The molecule has 0 aliphatic carbocycles. The van der Waals surface area contributed by atoms with Crippen molar-refractivity contribution in [3.63, 3.8) is 0 Å². The molecule has 83 heavy (non-hydrogen) atoms. The molecule has 0 unspecified atom stereocenters. The van der Waals surface area contributed by atoms with Crippen molar-refractivity contribution in [2.24, 2.45) is 39.6 Å². The van der Waals surface area contributed by atoms with Crippen LogP contribution in [-0.4, -0.2) is 202 Å². The minimum absolute atomic E-state index is 0.00560. The average molecular weight is 1210 g/mol. The molecule has 0 radical (unpaired) electrons. The molecular weight excluding hydrogens is 1120 g/mol. The fourth-order valence-electron chi connectivity index (χ4n) is 8.38. The molecule has 32 heteroatoms. The van der Waals surface area contributed by atoms with Crippen LogP contribution in [0.15, 0.2) is 35.3 Å². The molecule has 0 spiro atoms. The van der Waals surface area contributed by atoms with Gasteiger partial charge in [-0.2, -0.15) is 24.4 Å². The van der Waals surface area contributed by atoms with Crippen molar-refractivity contribution >= 4 is 101 Å². The van der Waals surface area contributed by atoms with Gasteiger partial charge in [-0.15, -0.1) is 0 Å². The standard InChI is InChI=1S/C51H84N16O14S2/c1-7-25(2)38(47(78)63-34(24-82)45(76)65-40(28(5)69)49(80)66-39(27(4)68)48(79)61-32(41(54)72)22-36(53)70)64-37(71)23-58-42(73)31(17-20-83-6)60-43(74)30(15-11-18-57-51(55)56)59-44(75)33(21-29-13-9-8-10-14-29)62-46(77)35-16-12-19-67(35)50(81)26(3)52/h8-10,13-14,25-28,30-35,38-40,68-69,82H,7,11-12,15-24,52H2,1-6H3,(H2,53,70)(H2,54,72)(H,58,73)(H,59,75)(H,60,74)(H,61,79)(H,62,77)(H,63,78)(H,64,71)(H,65,76)(H,66,80)(H4,55,56,57)/t25-,26-,27+,28+,30-,31-,32-,33-,34-,35-,38-,39-,40-/m0/s1. The Labute approximate surface area is 491 Å². The summed E-state index contributed by atoms with van der Waals surface area (Å²) in [5.74, 6) is -11.6. The zero-order chi connectivity index (χ0) is 62.7. The minimum atomic E-state index is -1.82. The Balaban J connectivity index is 2.28. The molecule has 1 fully saturated rings. The molecule has 1 aromatic rings. The molecule has 464 valence electrons. The van der Waals surface area contributed by atoms with E-state index in [4.69, 9.17) is 28.7 Å². The SMILES string of the molecule is CC[C@H](C)[C@H](NC(=O)CNC(=O)[C@H](CCSC)NC(=O)[C@H](CCCN=C(N)N)NC(=O)[C@H](Cc1ccccc1)NC(=O)[C@@H]1CCCN1C(=O)[C@H](C)N)C(=O)N[C@@H](CS)C(=O)N[C@H](C(=O)N[C@H](C(=O)N[C@@H](CC(N)=O)C(N)=O)[C@@H](C)O)[C@@H](C)O. The van der Waals surface area contributed by atoms with E-state index in [1.807, 2.05) is 0 Å². The maximum absolute atomic E-state index is 14.3. The number of thiol groups is 1. The third kappa shape index (κ3) is 24.6. The topological polar surface area (TPSA) is 499 Å². The molecule has 0 bridgehead atoms. The number of nitrogens with two attached hydrogens (primary N) is 5. The van der Waals surface area contributed by atoms with Crippen molar-refractivity contribution in [3.8, 4) is 0 Å². The largest absolute Gasteiger partial charge is 0.391 e. The van der Waals surface area contributed by atoms with Crippen molar-refractivity contribution < 1.29 is 67.7 Å². The van der Waals surface area contributed by atoms with Crippen molar-refractivity contribution in [1.29, 1.82) is 0 Å². The Bertz CT molecular complexity index is 2440. The molecule has 1 heterocycles. The third-order valence-electron chi connectivity index (χ3n) is 13.2. The predicted molar refractivity (Wildman–Crippen MR) is 310 cm³/mol. The van der Waals surface area contributed by atoms with Crippen molar-refractivity contribution in [2.45, 2.75) is 159 Å². The summed E-state index contributed by atoms with van der Waals surface area (Å²) in [4.78, 5) is 165. The van der Waals surface area contributed by atoms with Gasteiger partial charge in [0.05, 0.1) is 31.2 Å². The van der Waals surface area contributed by atoms with Crippen LogP contribution in [0, 0.1) is 5.92 Å². The maximum atomic E-state index is 14.3. The first-order chi connectivity index (χ1) is 39.1. The first-order valence-electron chi connectivity index (χ1n) is 27.0. The van der Waals surface area contributed by atoms with Crippen LogP contribution in [0.5, 0.6) is 0 Å². The highest BCUT2D eigenvalue weighted by molar-refractivity contribution is 7.98. The number of hydrogen-bond acceptors (Lipinski definition) is 18. The van der Waals surface area contributed by atoms with E-state index >= 15 is 0 Å². The second kappa shape index (κ2) is 36.3. The summed E-state index contributed by atoms with van der Waals surface area (Å²) in [6.45, 7) is 6.71. The first kappa shape index (κ1) is 71.8. The zero-order valence-corrected chi connectivity index (χ0v) is 49.2. The molecule has 0 aromatic heterocycles. The van der Waals surface area contributed by atoms with E-state index in [-0.39, 0.29) is 43.9 Å². The van der Waals surface area contributed by atoms with Crippen molar-refractivity contribution in [1.82, 2.24) is 52.8 Å². The number of hydrogen-bond donors (Lipinski definition) is 17. The highest BCUT2D eigenvalue weighted by Gasteiger charge is 2.39. The van der Waals surface area contributed by atoms with Gasteiger partial charge in [-0.3, -0.25) is 62.5 Å². The number of carbonyl (C=O) groups excluding carboxylic acids is 12. The molecule has 30 nitrogen and oxygen atoms in total. The third-order valence-corrected chi connectivity index (χ3v) is 14.2. The van der Waals surface area contributed by atoms with Crippen LogP contribution in [-0.2, 0) is 64.0 Å². The lowest BCUT2D eigenvalue weighted by Crippen LogP contribution is -2.63. The number of thioether (sulfide) groups is 1. The number of guanidine groups is 1. The lowest BCUT2D eigenvalue weighted by Gasteiger charge is -2.29. The molecule has 1 aliphatic rings. The van der Waals surface area contributed by atoms with E-state index in [1.54, 1.807) is 50.4 Å². The molecule has 2 rings (SSSR count). The second-order valence-electron chi connectivity index (χ2n) is 20.1. The van der Waals surface area contributed by atoms with Crippen LogP contribution in [0.2, 0.25) is 0 Å². The summed E-state index contributed by atoms with van der Waals surface area (Å²) in [6.07, 6.45) is -0.878. The maximum Gasteiger partial charge on any atom is 0.245 e. The first-order valence-corrected chi connectivity index (χ1v) is 29.0. The van der Waals surface area contributed by atoms with Crippen molar-refractivity contribution in [2.75, 3.05) is 37.4 Å². The number of nitrogens with one attached hydrogen (secondary N) is 9. The Morgan fingerprint density at radius 3 is 1.75 bits per heavy atom. The summed E-state index contributed by atoms with van der Waals surface area (Å²) in [6, 6.07) is -4.92. The zero-order valence-electron chi connectivity index (χ0n) is 47.5. The van der Waals surface area contributed by atoms with Gasteiger partial charge in [-0.05, 0) is 76.4 Å². The Morgan fingerprint density at radius 1 is 0.687 bits per heavy atom. The monoisotopic (exact) mass is 1210 g/mol. The Hall–Kier alpha value is -7.29. The molecule has 0 saturated carbocycles. The molecule has 12 amide bonds. The predicted octanol–water partition coefficient (Wildman–Crippen LogP) is -6.53. The molecule has 21 N–H and O–H groups in total. The minimum Gasteiger partial charge on any atom is -0.391 e. The number of carbonyl (C=O) groups is 12. The van der Waals surface area contributed by atoms with Gasteiger partial charge in [0, 0.05) is 25.3 Å². The number of rotatable bonds is 36. The quantitative estimate of drug-likeness (QED) is 0.0129. The number of benzene rings is 1. The molecule has 1 aromatic carbocycles. The van der Waals surface area contributed by atoms with E-state index < -0.39 is 162 Å². The highest BCUT2D eigenvalue weighted by Crippen LogP contribution is 2.19. The highest BCUT2D eigenvalue weighted by atomic mass is 32.2. The van der Waals surface area contributed by atoms with E-state index in [0.717, 1.165) is 13.8 Å². The lowest BCUT2D eigenvalue weighted by molar-refractivity contribution is -0.140. The fraction of sp³-hybridized carbons (Fsp3) is 0.627. The summed E-state index contributed by atoms with van der Waals surface area (Å²) in [5.41, 5.74) is 27.9. The number of amides is 12. The summed E-state index contributed by atoms with van der Waals surface area (Å²) >= 11 is 5.52. The van der Waals surface area contributed by atoms with Gasteiger partial charge in [0.25, 0.3) is 0 Å². The van der Waals surface area contributed by atoms with Crippen LogP contribution >= 0.6 is 24.4 Å². The van der Waals surface area contributed by atoms with Gasteiger partial charge in [0.1, 0.15) is 54.4 Å². The Morgan fingerprint density at radius 2 is 1.22 bits per heavy atom. The van der Waals surface area contributed by atoms with E-state index in [9.17, 15) is 67.7 Å². The summed E-state index contributed by atoms with van der Waals surface area (Å²) in [5, 5.41) is 43.0. The van der Waals surface area contributed by atoms with Gasteiger partial charge in [-0.1, -0.05) is 50.6 Å². The van der Waals surface area contributed by atoms with Crippen LogP contribution in [0.1, 0.15) is 85.1 Å². The van der Waals surface area contributed by atoms with Crippen LogP contribution in [0.3, 0.4) is 0 Å². The van der Waals surface area contributed by atoms with E-state index in [2.05, 4.69) is 65.5 Å². The van der Waals surface area contributed by atoms with Gasteiger partial charge < -0.3 is 91.6 Å². The number of aliphatic imine (C=N–C) groups is 1. The normalized spacial score (nSPS) is 17.2. The fourth-order valence-corrected chi connectivity index (χ4v) is 9.11. The van der Waals surface area contributed by atoms with Gasteiger partial charge >= 0.3 is 0 Å². The van der Waals surface area contributed by atoms with Crippen LogP contribution < -0.4 is 76.5 Å². The molecular formula is C51H84N16O14S2. The van der Waals surface area contributed by atoms with Crippen LogP contribution in [0.4, 0.5) is 0 Å². The van der Waals surface area contributed by atoms with E-state index in [0.29, 0.717) is 37.1 Å². The summed E-state index contributed by atoms with van der Waals surface area (Å²) in [7, 11) is 0. The smallest absolute Gasteiger partial charge is 0.245 e. The lowest BCUT2D eigenvalue weighted by atomic mass is 9.98. The molecule has 1 aliphatic heterocycles. The number of aliphatic hydroxyl groups is 2. The van der Waals surface area contributed by atoms with Crippen molar-refractivity contribution in [3.05, 3.63) is 35.9 Å². The van der Waals surface area contributed by atoms with Gasteiger partial charge in [0.2, 0.25) is 70.9 Å². The van der Waals surface area contributed by atoms with Gasteiger partial charge in [-0.25, -0.2) is 0 Å². The van der Waals surface area contributed by atoms with Gasteiger partial charge in [0.15, 0.2) is 5.96 Å².